The summed E-state index contributed by atoms with van der Waals surface area (Å²) >= 11 is 5.83. The lowest BCUT2D eigenvalue weighted by atomic mass is 10.1. The summed E-state index contributed by atoms with van der Waals surface area (Å²) in [4.78, 5) is 11.6. The zero-order valence-electron chi connectivity index (χ0n) is 10.8. The zero-order chi connectivity index (χ0) is 13.7. The van der Waals surface area contributed by atoms with Gasteiger partial charge in [-0.25, -0.2) is 4.39 Å². The maximum atomic E-state index is 13.4. The second-order valence-corrected chi connectivity index (χ2v) is 4.96. The van der Waals surface area contributed by atoms with Crippen molar-refractivity contribution < 1.29 is 9.18 Å². The van der Waals surface area contributed by atoms with E-state index in [9.17, 15) is 9.18 Å². The number of rotatable bonds is 5. The second-order valence-electron chi connectivity index (χ2n) is 4.55. The third-order valence-corrected chi connectivity index (χ3v) is 3.09. The molecule has 18 heavy (non-hydrogen) atoms. The SMILES string of the molecule is CC(C)C(C)NC(=O)CNc1c(F)cccc1Cl. The van der Waals surface area contributed by atoms with Crippen LogP contribution in [0.15, 0.2) is 18.2 Å². The standard InChI is InChI=1S/C13H18ClFN2O/c1-8(2)9(3)17-12(18)7-16-13-10(14)5-4-6-11(13)15/h4-6,8-9,16H,7H2,1-3H3,(H,17,18). The number of halogens is 2. The van der Waals surface area contributed by atoms with Gasteiger partial charge in [-0.1, -0.05) is 31.5 Å². The van der Waals surface area contributed by atoms with Crippen molar-refractivity contribution in [2.45, 2.75) is 26.8 Å². The quantitative estimate of drug-likeness (QED) is 0.865. The van der Waals surface area contributed by atoms with E-state index in [4.69, 9.17) is 11.6 Å². The van der Waals surface area contributed by atoms with Crippen LogP contribution in [0.1, 0.15) is 20.8 Å². The van der Waals surface area contributed by atoms with E-state index in [2.05, 4.69) is 10.6 Å². The van der Waals surface area contributed by atoms with Crippen LogP contribution >= 0.6 is 11.6 Å². The number of amides is 1. The minimum Gasteiger partial charge on any atom is -0.373 e. The van der Waals surface area contributed by atoms with Gasteiger partial charge in [0.15, 0.2) is 0 Å². The van der Waals surface area contributed by atoms with Crippen LogP contribution in [0.4, 0.5) is 10.1 Å². The van der Waals surface area contributed by atoms with Crippen molar-refractivity contribution in [1.82, 2.24) is 5.32 Å². The lowest BCUT2D eigenvalue weighted by Crippen LogP contribution is -2.39. The fourth-order valence-electron chi connectivity index (χ4n) is 1.31. The van der Waals surface area contributed by atoms with E-state index < -0.39 is 5.82 Å². The molecule has 3 nitrogen and oxygen atoms in total. The first-order valence-electron chi connectivity index (χ1n) is 5.89. The highest BCUT2D eigenvalue weighted by atomic mass is 35.5. The van der Waals surface area contributed by atoms with E-state index >= 15 is 0 Å². The van der Waals surface area contributed by atoms with Crippen LogP contribution in [0, 0.1) is 11.7 Å². The Morgan fingerprint density at radius 3 is 2.61 bits per heavy atom. The Balaban J connectivity index is 2.53. The lowest BCUT2D eigenvalue weighted by molar-refractivity contribution is -0.120. The predicted molar refractivity (Wildman–Crippen MR) is 72.3 cm³/mol. The normalized spacial score (nSPS) is 12.3. The summed E-state index contributed by atoms with van der Waals surface area (Å²) in [7, 11) is 0. The molecule has 5 heteroatoms. The van der Waals surface area contributed by atoms with Gasteiger partial charge in [-0.15, -0.1) is 0 Å². The van der Waals surface area contributed by atoms with Crippen molar-refractivity contribution in [3.63, 3.8) is 0 Å². The van der Waals surface area contributed by atoms with Crippen LogP contribution < -0.4 is 10.6 Å². The Hall–Kier alpha value is -1.29. The Morgan fingerprint density at radius 1 is 1.39 bits per heavy atom. The van der Waals surface area contributed by atoms with E-state index in [0.29, 0.717) is 5.92 Å². The molecule has 1 atom stereocenters. The summed E-state index contributed by atoms with van der Waals surface area (Å²) in [6.07, 6.45) is 0. The van der Waals surface area contributed by atoms with E-state index in [-0.39, 0.29) is 29.2 Å². The van der Waals surface area contributed by atoms with E-state index in [1.54, 1.807) is 6.07 Å². The van der Waals surface area contributed by atoms with Gasteiger partial charge < -0.3 is 10.6 Å². The van der Waals surface area contributed by atoms with E-state index in [1.165, 1.54) is 12.1 Å². The third-order valence-electron chi connectivity index (χ3n) is 2.78. The number of nitrogens with one attached hydrogen (secondary N) is 2. The Labute approximate surface area is 112 Å². The van der Waals surface area contributed by atoms with Gasteiger partial charge in [-0.05, 0) is 25.0 Å². The van der Waals surface area contributed by atoms with Crippen LogP contribution in [0.3, 0.4) is 0 Å². The zero-order valence-corrected chi connectivity index (χ0v) is 11.5. The molecule has 0 saturated carbocycles. The summed E-state index contributed by atoms with van der Waals surface area (Å²) < 4.78 is 13.4. The van der Waals surface area contributed by atoms with Gasteiger partial charge in [0.05, 0.1) is 17.3 Å². The van der Waals surface area contributed by atoms with Gasteiger partial charge in [-0.2, -0.15) is 0 Å². The maximum absolute atomic E-state index is 13.4. The third kappa shape index (κ3) is 4.18. The van der Waals surface area contributed by atoms with Gasteiger partial charge in [0.2, 0.25) is 5.91 Å². The molecule has 1 amide bonds. The number of carbonyl (C=O) groups excluding carboxylic acids is 1. The number of hydrogen-bond acceptors (Lipinski definition) is 2. The molecule has 0 aromatic heterocycles. The molecule has 2 N–H and O–H groups in total. The summed E-state index contributed by atoms with van der Waals surface area (Å²) in [5, 5.41) is 5.79. The molecule has 1 aromatic carbocycles. The Morgan fingerprint density at radius 2 is 2.06 bits per heavy atom. The second kappa shape index (κ2) is 6.59. The number of carbonyl (C=O) groups is 1. The molecular formula is C13H18ClFN2O. The number of hydrogen-bond donors (Lipinski definition) is 2. The Kier molecular flexibility index (Phi) is 5.41. The van der Waals surface area contributed by atoms with Crippen molar-refractivity contribution in [2.24, 2.45) is 5.92 Å². The van der Waals surface area contributed by atoms with Gasteiger partial charge >= 0.3 is 0 Å². The van der Waals surface area contributed by atoms with Gasteiger partial charge in [0.25, 0.3) is 0 Å². The fraction of sp³-hybridized carbons (Fsp3) is 0.462. The van der Waals surface area contributed by atoms with Crippen molar-refractivity contribution in [1.29, 1.82) is 0 Å². The van der Waals surface area contributed by atoms with Crippen molar-refractivity contribution >= 4 is 23.2 Å². The van der Waals surface area contributed by atoms with Crippen LogP contribution in [-0.4, -0.2) is 18.5 Å². The molecule has 0 spiro atoms. The highest BCUT2D eigenvalue weighted by Gasteiger charge is 2.12. The molecule has 0 saturated heterocycles. The minimum absolute atomic E-state index is 0.00227. The first kappa shape index (κ1) is 14.8. The summed E-state index contributed by atoms with van der Waals surface area (Å²) in [6.45, 7) is 5.97. The monoisotopic (exact) mass is 272 g/mol. The Bertz CT molecular complexity index is 403. The smallest absolute Gasteiger partial charge is 0.239 e. The molecule has 0 heterocycles. The predicted octanol–water partition coefficient (Wildman–Crippen LogP) is 3.05. The van der Waals surface area contributed by atoms with Crippen LogP contribution in [0.5, 0.6) is 0 Å². The van der Waals surface area contributed by atoms with Gasteiger partial charge in [0, 0.05) is 6.04 Å². The molecule has 0 bridgehead atoms. The lowest BCUT2D eigenvalue weighted by Gasteiger charge is -2.18. The molecule has 0 radical (unpaired) electrons. The first-order chi connectivity index (χ1) is 8.41. The first-order valence-corrected chi connectivity index (χ1v) is 6.27. The van der Waals surface area contributed by atoms with Crippen LogP contribution in [0.2, 0.25) is 5.02 Å². The molecule has 0 fully saturated rings. The van der Waals surface area contributed by atoms with Gasteiger partial charge in [0.1, 0.15) is 5.82 Å². The highest BCUT2D eigenvalue weighted by Crippen LogP contribution is 2.24. The molecule has 1 rings (SSSR count). The largest absolute Gasteiger partial charge is 0.373 e. The molecule has 1 aromatic rings. The van der Waals surface area contributed by atoms with E-state index in [1.807, 2.05) is 20.8 Å². The minimum atomic E-state index is -0.466. The summed E-state index contributed by atoms with van der Waals surface area (Å²) in [5.41, 5.74) is 0.159. The number of para-hydroxylation sites is 1. The molecule has 0 aliphatic carbocycles. The average molecular weight is 273 g/mol. The maximum Gasteiger partial charge on any atom is 0.239 e. The molecular weight excluding hydrogens is 255 g/mol. The molecule has 1 unspecified atom stereocenters. The summed E-state index contributed by atoms with van der Waals surface area (Å²) in [5.74, 6) is -0.297. The fourth-order valence-corrected chi connectivity index (χ4v) is 1.54. The topological polar surface area (TPSA) is 41.1 Å². The molecule has 0 aliphatic rings. The van der Waals surface area contributed by atoms with E-state index in [0.717, 1.165) is 0 Å². The van der Waals surface area contributed by atoms with Crippen molar-refractivity contribution in [2.75, 3.05) is 11.9 Å². The average Bonchev–Trinajstić information content (AvgIpc) is 2.28. The van der Waals surface area contributed by atoms with Crippen molar-refractivity contribution in [3.05, 3.63) is 29.0 Å². The van der Waals surface area contributed by atoms with Gasteiger partial charge in [-0.3, -0.25) is 4.79 Å². The van der Waals surface area contributed by atoms with Crippen LogP contribution in [0.25, 0.3) is 0 Å². The number of anilines is 1. The van der Waals surface area contributed by atoms with Crippen LogP contribution in [-0.2, 0) is 4.79 Å². The molecule has 0 aliphatic heterocycles. The molecule has 100 valence electrons. The number of benzene rings is 1. The highest BCUT2D eigenvalue weighted by molar-refractivity contribution is 6.33. The summed E-state index contributed by atoms with van der Waals surface area (Å²) in [6, 6.07) is 4.46. The van der Waals surface area contributed by atoms with Crippen molar-refractivity contribution in [3.8, 4) is 0 Å².